The van der Waals surface area contributed by atoms with E-state index in [0.717, 1.165) is 41.8 Å². The lowest BCUT2D eigenvalue weighted by Crippen LogP contribution is -2.30. The van der Waals surface area contributed by atoms with Crippen molar-refractivity contribution in [2.45, 2.75) is 32.7 Å². The zero-order valence-electron chi connectivity index (χ0n) is 15.2. The normalized spacial score (nSPS) is 16.2. The van der Waals surface area contributed by atoms with Crippen LogP contribution in [0.3, 0.4) is 0 Å². The van der Waals surface area contributed by atoms with Crippen molar-refractivity contribution in [3.05, 3.63) is 77.0 Å². The Labute approximate surface area is 153 Å². The Morgan fingerprint density at radius 1 is 1.08 bits per heavy atom. The fourth-order valence-corrected chi connectivity index (χ4v) is 3.67. The number of nitrogens with zero attached hydrogens (tertiary/aromatic N) is 2. The Bertz CT molecular complexity index is 912. The zero-order valence-corrected chi connectivity index (χ0v) is 15.2. The monoisotopic (exact) mass is 345 g/mol. The Hall–Kier alpha value is -2.88. The van der Waals surface area contributed by atoms with Gasteiger partial charge in [0, 0.05) is 17.7 Å². The lowest BCUT2D eigenvalue weighted by atomic mass is 9.96. The molecule has 0 saturated heterocycles. The third kappa shape index (κ3) is 2.71. The number of carbonyl (C=O) groups excluding carboxylic acids is 1. The van der Waals surface area contributed by atoms with Gasteiger partial charge in [0.1, 0.15) is 5.69 Å². The summed E-state index contributed by atoms with van der Waals surface area (Å²) in [5.74, 6) is 0.0492. The van der Waals surface area contributed by atoms with Crippen molar-refractivity contribution < 1.29 is 4.79 Å². The van der Waals surface area contributed by atoms with Gasteiger partial charge in [-0.1, -0.05) is 73.5 Å². The lowest BCUT2D eigenvalue weighted by Gasteiger charge is -2.26. The molecule has 3 aromatic rings. The second kappa shape index (κ2) is 6.79. The minimum atomic E-state index is -0.0831. The average Bonchev–Trinajstić information content (AvgIpc) is 3.21. The molecule has 4 nitrogen and oxygen atoms in total. The van der Waals surface area contributed by atoms with Crippen molar-refractivity contribution in [1.29, 1.82) is 0 Å². The summed E-state index contributed by atoms with van der Waals surface area (Å²) in [6.07, 6.45) is 2.05. The van der Waals surface area contributed by atoms with Gasteiger partial charge in [-0.2, -0.15) is 5.10 Å². The number of benzene rings is 2. The molecule has 0 fully saturated rings. The molecule has 0 saturated carbocycles. The molecule has 4 heteroatoms. The second-order valence-corrected chi connectivity index (χ2v) is 6.89. The van der Waals surface area contributed by atoms with Crippen LogP contribution in [-0.2, 0) is 0 Å². The number of unbranched alkanes of at least 4 members (excludes halogenated alkanes) is 1. The van der Waals surface area contributed by atoms with Gasteiger partial charge >= 0.3 is 0 Å². The fourth-order valence-electron chi connectivity index (χ4n) is 3.67. The van der Waals surface area contributed by atoms with Gasteiger partial charge in [-0.15, -0.1) is 0 Å². The summed E-state index contributed by atoms with van der Waals surface area (Å²) < 4.78 is 0. The lowest BCUT2D eigenvalue weighted by molar-refractivity contribution is 0.0741. The van der Waals surface area contributed by atoms with E-state index >= 15 is 0 Å². The van der Waals surface area contributed by atoms with Gasteiger partial charge in [0.25, 0.3) is 5.91 Å². The Kier molecular flexibility index (Phi) is 4.33. The molecule has 0 bridgehead atoms. The zero-order chi connectivity index (χ0) is 18.1. The van der Waals surface area contributed by atoms with E-state index in [1.165, 1.54) is 5.56 Å². The van der Waals surface area contributed by atoms with Crippen molar-refractivity contribution in [2.75, 3.05) is 6.54 Å². The third-order valence-corrected chi connectivity index (χ3v) is 5.06. The molecule has 2 heterocycles. The standard InChI is InChI=1S/C22H23N3O/c1-3-4-14-25-21(17-8-6-5-7-9-17)18-19(23-24-20(18)22(25)26)16-12-10-15(2)11-13-16/h5-13,21H,3-4,14H2,1-2H3,(H,23,24). The molecule has 0 spiro atoms. The number of aromatic amines is 1. The van der Waals surface area contributed by atoms with Gasteiger partial charge in [-0.05, 0) is 18.9 Å². The highest BCUT2D eigenvalue weighted by atomic mass is 16.2. The Morgan fingerprint density at radius 2 is 1.81 bits per heavy atom. The van der Waals surface area contributed by atoms with E-state index in [2.05, 4.69) is 60.4 Å². The van der Waals surface area contributed by atoms with Crippen LogP contribution in [0.4, 0.5) is 0 Å². The minimum absolute atomic E-state index is 0.0492. The van der Waals surface area contributed by atoms with Crippen LogP contribution in [-0.4, -0.2) is 27.5 Å². The molecule has 2 aromatic carbocycles. The largest absolute Gasteiger partial charge is 0.326 e. The summed E-state index contributed by atoms with van der Waals surface area (Å²) in [6.45, 7) is 4.98. The van der Waals surface area contributed by atoms with Crippen molar-refractivity contribution in [3.63, 3.8) is 0 Å². The van der Waals surface area contributed by atoms with Crippen LogP contribution in [0.15, 0.2) is 54.6 Å². The van der Waals surface area contributed by atoms with Gasteiger partial charge < -0.3 is 4.90 Å². The number of carbonyl (C=O) groups is 1. The van der Waals surface area contributed by atoms with Crippen LogP contribution in [0.1, 0.15) is 53.0 Å². The number of hydrogen-bond acceptors (Lipinski definition) is 2. The molecular formula is C22H23N3O. The Morgan fingerprint density at radius 3 is 2.50 bits per heavy atom. The molecule has 1 aliphatic rings. The molecule has 1 atom stereocenters. The van der Waals surface area contributed by atoms with E-state index in [4.69, 9.17) is 0 Å². The minimum Gasteiger partial charge on any atom is -0.326 e. The molecule has 1 amide bonds. The van der Waals surface area contributed by atoms with Gasteiger partial charge in [0.2, 0.25) is 0 Å². The highest BCUT2D eigenvalue weighted by Gasteiger charge is 2.41. The fraction of sp³-hybridized carbons (Fsp3) is 0.273. The maximum Gasteiger partial charge on any atom is 0.273 e. The second-order valence-electron chi connectivity index (χ2n) is 6.89. The first-order chi connectivity index (χ1) is 12.7. The summed E-state index contributed by atoms with van der Waals surface area (Å²) in [4.78, 5) is 15.0. The predicted octanol–water partition coefficient (Wildman–Crippen LogP) is 4.73. The number of fused-ring (bicyclic) bond motifs is 1. The Balaban J connectivity index is 1.85. The smallest absolute Gasteiger partial charge is 0.273 e. The SMILES string of the molecule is CCCCN1C(=O)c2[nH]nc(-c3ccc(C)cc3)c2C1c1ccccc1. The summed E-state index contributed by atoms with van der Waals surface area (Å²) in [5.41, 5.74) is 5.89. The van der Waals surface area contributed by atoms with Crippen LogP contribution < -0.4 is 0 Å². The average molecular weight is 345 g/mol. The van der Waals surface area contributed by atoms with Crippen molar-refractivity contribution in [1.82, 2.24) is 15.1 Å². The van der Waals surface area contributed by atoms with Gasteiger partial charge in [-0.3, -0.25) is 9.89 Å². The number of amides is 1. The molecular weight excluding hydrogens is 322 g/mol. The van der Waals surface area contributed by atoms with E-state index in [1.807, 2.05) is 23.1 Å². The van der Waals surface area contributed by atoms with Gasteiger partial charge in [-0.25, -0.2) is 0 Å². The first-order valence-electron chi connectivity index (χ1n) is 9.22. The molecule has 1 aromatic heterocycles. The number of rotatable bonds is 5. The van der Waals surface area contributed by atoms with Crippen LogP contribution in [0.5, 0.6) is 0 Å². The molecule has 26 heavy (non-hydrogen) atoms. The highest BCUT2D eigenvalue weighted by molar-refractivity contribution is 6.00. The first kappa shape index (κ1) is 16.6. The molecule has 1 unspecified atom stereocenters. The van der Waals surface area contributed by atoms with Crippen LogP contribution in [0, 0.1) is 6.92 Å². The quantitative estimate of drug-likeness (QED) is 0.727. The maximum absolute atomic E-state index is 13.0. The van der Waals surface area contributed by atoms with Crippen molar-refractivity contribution >= 4 is 5.91 Å². The topological polar surface area (TPSA) is 49.0 Å². The van der Waals surface area contributed by atoms with Crippen LogP contribution in [0.2, 0.25) is 0 Å². The van der Waals surface area contributed by atoms with Crippen LogP contribution >= 0.6 is 0 Å². The van der Waals surface area contributed by atoms with Crippen LogP contribution in [0.25, 0.3) is 11.3 Å². The number of nitrogens with one attached hydrogen (secondary N) is 1. The number of hydrogen-bond donors (Lipinski definition) is 1. The van der Waals surface area contributed by atoms with Gasteiger partial charge in [0.05, 0.1) is 11.7 Å². The van der Waals surface area contributed by atoms with E-state index in [-0.39, 0.29) is 11.9 Å². The first-order valence-corrected chi connectivity index (χ1v) is 9.22. The van der Waals surface area contributed by atoms with E-state index in [1.54, 1.807) is 0 Å². The summed E-state index contributed by atoms with van der Waals surface area (Å²) >= 11 is 0. The maximum atomic E-state index is 13.0. The third-order valence-electron chi connectivity index (χ3n) is 5.06. The summed E-state index contributed by atoms with van der Waals surface area (Å²) in [7, 11) is 0. The van der Waals surface area contributed by atoms with Gasteiger partial charge in [0.15, 0.2) is 0 Å². The van der Waals surface area contributed by atoms with Crippen molar-refractivity contribution in [3.8, 4) is 11.3 Å². The molecule has 132 valence electrons. The summed E-state index contributed by atoms with van der Waals surface area (Å²) in [6, 6.07) is 18.5. The molecule has 4 rings (SSSR count). The summed E-state index contributed by atoms with van der Waals surface area (Å²) in [5, 5.41) is 7.52. The highest BCUT2D eigenvalue weighted by Crippen LogP contribution is 2.42. The number of aromatic nitrogens is 2. The number of H-pyrrole nitrogens is 1. The molecule has 1 N–H and O–H groups in total. The van der Waals surface area contributed by atoms with E-state index < -0.39 is 0 Å². The number of aryl methyl sites for hydroxylation is 1. The van der Waals surface area contributed by atoms with E-state index in [9.17, 15) is 4.79 Å². The predicted molar refractivity (Wildman–Crippen MR) is 103 cm³/mol. The van der Waals surface area contributed by atoms with E-state index in [0.29, 0.717) is 5.69 Å². The molecule has 1 aliphatic heterocycles. The molecule has 0 aliphatic carbocycles. The van der Waals surface area contributed by atoms with Crippen molar-refractivity contribution in [2.24, 2.45) is 0 Å². The molecule has 0 radical (unpaired) electrons.